The maximum atomic E-state index is 9.97. The highest BCUT2D eigenvalue weighted by atomic mass is 16.5. The summed E-state index contributed by atoms with van der Waals surface area (Å²) in [5.41, 5.74) is 16.9. The highest BCUT2D eigenvalue weighted by Crippen LogP contribution is 2.56. The molecular weight excluding hydrogens is 841 g/mol. The average molecular weight is 881 g/mol. The van der Waals surface area contributed by atoms with Crippen molar-refractivity contribution in [3.8, 4) is 67.8 Å². The Labute approximate surface area is 399 Å². The fraction of sp³-hybridized carbons (Fsp3) is 0.0156. The molecule has 69 heavy (non-hydrogen) atoms. The summed E-state index contributed by atoms with van der Waals surface area (Å²) < 4.78 is 9.55. The van der Waals surface area contributed by atoms with Crippen LogP contribution in [0.3, 0.4) is 0 Å². The number of ether oxygens (including phenoxy) is 1. The van der Waals surface area contributed by atoms with Gasteiger partial charge in [-0.15, -0.1) is 0 Å². The molecule has 12 aromatic rings. The minimum atomic E-state index is -0.706. The highest BCUT2D eigenvalue weighted by molar-refractivity contribution is 6.11. The van der Waals surface area contributed by atoms with Crippen LogP contribution in [0.5, 0.6) is 11.5 Å². The molecule has 0 unspecified atom stereocenters. The minimum absolute atomic E-state index is 0.629. The summed E-state index contributed by atoms with van der Waals surface area (Å²) in [4.78, 5) is 9.34. The van der Waals surface area contributed by atoms with Crippen molar-refractivity contribution in [3.63, 3.8) is 0 Å². The van der Waals surface area contributed by atoms with E-state index in [1.807, 2.05) is 55.0 Å². The van der Waals surface area contributed by atoms with Crippen LogP contribution in [0.25, 0.3) is 82.9 Å². The van der Waals surface area contributed by atoms with Gasteiger partial charge in [0, 0.05) is 62.7 Å². The molecule has 3 aromatic heterocycles. The molecule has 1 aliphatic rings. The van der Waals surface area contributed by atoms with Crippen molar-refractivity contribution in [2.75, 3.05) is 0 Å². The van der Waals surface area contributed by atoms with Crippen LogP contribution < -0.4 is 4.74 Å². The average Bonchev–Trinajstić information content (AvgIpc) is 3.75. The molecule has 0 atom stereocenters. The van der Waals surface area contributed by atoms with Gasteiger partial charge < -0.3 is 9.30 Å². The number of benzene rings is 9. The van der Waals surface area contributed by atoms with Gasteiger partial charge >= 0.3 is 0 Å². The number of aromatic nitrogens is 3. The summed E-state index contributed by atoms with van der Waals surface area (Å²) in [5.74, 6) is 1.58. The summed E-state index contributed by atoms with van der Waals surface area (Å²) in [6.45, 7) is 0. The lowest BCUT2D eigenvalue weighted by Gasteiger charge is -2.42. The first-order valence-electron chi connectivity index (χ1n) is 23.2. The molecule has 0 N–H and O–H groups in total. The molecule has 0 radical (unpaired) electrons. The zero-order valence-corrected chi connectivity index (χ0v) is 37.3. The summed E-state index contributed by atoms with van der Waals surface area (Å²) in [6.07, 6.45) is 5.70. The van der Waals surface area contributed by atoms with Crippen LogP contribution in [0.1, 0.15) is 27.8 Å². The summed E-state index contributed by atoms with van der Waals surface area (Å²) in [7, 11) is 0. The van der Waals surface area contributed by atoms with E-state index in [2.05, 4.69) is 204 Å². The molecule has 13 rings (SSSR count). The Morgan fingerprint density at radius 1 is 0.435 bits per heavy atom. The van der Waals surface area contributed by atoms with Gasteiger partial charge in [0.25, 0.3) is 0 Å². The topological polar surface area (TPSA) is 63.7 Å². The van der Waals surface area contributed by atoms with Crippen LogP contribution in [0.2, 0.25) is 0 Å². The van der Waals surface area contributed by atoms with E-state index in [1.165, 1.54) is 0 Å². The molecule has 0 spiro atoms. The number of hydrogen-bond donors (Lipinski definition) is 0. The third-order valence-corrected chi connectivity index (χ3v) is 13.8. The zero-order chi connectivity index (χ0) is 45.9. The quantitative estimate of drug-likeness (QED) is 0.160. The third kappa shape index (κ3) is 6.61. The maximum Gasteiger partial charge on any atom is 0.132 e. The molecule has 0 fully saturated rings. The molecule has 5 nitrogen and oxygen atoms in total. The molecular formula is C64H40N4O. The van der Waals surface area contributed by atoms with Crippen molar-refractivity contribution in [2.45, 2.75) is 5.41 Å². The first-order chi connectivity index (χ1) is 34.1. The van der Waals surface area contributed by atoms with E-state index >= 15 is 0 Å². The van der Waals surface area contributed by atoms with E-state index in [4.69, 9.17) is 9.72 Å². The van der Waals surface area contributed by atoms with E-state index in [1.54, 1.807) is 0 Å². The van der Waals surface area contributed by atoms with E-state index in [-0.39, 0.29) is 0 Å². The second kappa shape index (κ2) is 16.2. The van der Waals surface area contributed by atoms with Gasteiger partial charge in [-0.05, 0) is 136 Å². The predicted octanol–water partition coefficient (Wildman–Crippen LogP) is 15.8. The standard InChI is InChI=1S/C64H40N4O/c65-39-42-22-28-60-55(31-42)56-36-43(25-29-61(56)68(60)54-19-8-3-9-20-54)44-23-26-57-62(37-44)69-63-38-45(24-27-58(63)64(57,52-15-4-1-5-16-52)53-17-6-2-7-18-53)48-33-49(47-14-12-30-66-40-47)35-50(34-48)51-32-46-13-10-11-21-59(46)67-41-51/h1-38,40-41H. The number of pyridine rings is 2. The number of rotatable bonds is 7. The Bertz CT molecular complexity index is 3950. The Balaban J connectivity index is 1.01. The SMILES string of the molecule is N#Cc1ccc2c(c1)c1cc(-c3ccc4c(c3)Oc3cc(-c5cc(-c6cccnc6)cc(-c6cnc7ccccc7c6)c5)ccc3C4(c3ccccc3)c3ccccc3)ccc1n2-c1ccccc1. The van der Waals surface area contributed by atoms with E-state index in [9.17, 15) is 5.26 Å². The van der Waals surface area contributed by atoms with Crippen molar-refractivity contribution < 1.29 is 4.74 Å². The largest absolute Gasteiger partial charge is 0.457 e. The number of nitrogens with zero attached hydrogens (tertiary/aromatic N) is 4. The number of hydrogen-bond acceptors (Lipinski definition) is 4. The lowest BCUT2D eigenvalue weighted by Crippen LogP contribution is -2.34. The van der Waals surface area contributed by atoms with Crippen LogP contribution in [0, 0.1) is 11.3 Å². The summed E-state index contributed by atoms with van der Waals surface area (Å²) >= 11 is 0. The van der Waals surface area contributed by atoms with Gasteiger partial charge in [-0.25, -0.2) is 0 Å². The van der Waals surface area contributed by atoms with Gasteiger partial charge in [0.2, 0.25) is 0 Å². The third-order valence-electron chi connectivity index (χ3n) is 13.8. The van der Waals surface area contributed by atoms with Crippen molar-refractivity contribution in [1.29, 1.82) is 5.26 Å². The second-order valence-electron chi connectivity index (χ2n) is 17.7. The molecule has 1 aliphatic heterocycles. The lowest BCUT2D eigenvalue weighted by molar-refractivity contribution is 0.435. The molecule has 9 aromatic carbocycles. The monoisotopic (exact) mass is 880 g/mol. The van der Waals surface area contributed by atoms with Gasteiger partial charge in [-0.3, -0.25) is 9.97 Å². The molecule has 4 heterocycles. The van der Waals surface area contributed by atoms with Crippen LogP contribution in [0.4, 0.5) is 0 Å². The molecule has 322 valence electrons. The van der Waals surface area contributed by atoms with E-state index < -0.39 is 5.41 Å². The molecule has 0 saturated carbocycles. The van der Waals surface area contributed by atoms with Crippen molar-refractivity contribution in [1.82, 2.24) is 14.5 Å². The Kier molecular flexibility index (Phi) is 9.38. The van der Waals surface area contributed by atoms with Gasteiger partial charge in [0.1, 0.15) is 11.5 Å². The fourth-order valence-corrected chi connectivity index (χ4v) is 10.6. The maximum absolute atomic E-state index is 9.97. The second-order valence-corrected chi connectivity index (χ2v) is 17.7. The highest BCUT2D eigenvalue weighted by Gasteiger charge is 2.45. The number of para-hydroxylation sites is 2. The Hall–Kier alpha value is -9.37. The predicted molar refractivity (Wildman–Crippen MR) is 279 cm³/mol. The van der Waals surface area contributed by atoms with E-state index in [0.29, 0.717) is 5.56 Å². The first kappa shape index (κ1) is 39.9. The van der Waals surface area contributed by atoms with Gasteiger partial charge in [0.05, 0.1) is 33.6 Å². The molecule has 0 amide bonds. The molecule has 5 heteroatoms. The molecule has 0 bridgehead atoms. The lowest BCUT2D eigenvalue weighted by atomic mass is 9.63. The fourth-order valence-electron chi connectivity index (χ4n) is 10.6. The minimum Gasteiger partial charge on any atom is -0.457 e. The smallest absolute Gasteiger partial charge is 0.132 e. The van der Waals surface area contributed by atoms with Gasteiger partial charge in [-0.2, -0.15) is 5.26 Å². The van der Waals surface area contributed by atoms with Crippen LogP contribution in [0.15, 0.2) is 243 Å². The number of fused-ring (bicyclic) bond motifs is 6. The van der Waals surface area contributed by atoms with Crippen LogP contribution in [-0.4, -0.2) is 14.5 Å². The molecule has 0 saturated heterocycles. The summed E-state index contributed by atoms with van der Waals surface area (Å²) in [6, 6.07) is 81.7. The molecule has 0 aliphatic carbocycles. The van der Waals surface area contributed by atoms with Crippen LogP contribution in [-0.2, 0) is 5.41 Å². The normalized spacial score (nSPS) is 12.6. The van der Waals surface area contributed by atoms with Crippen molar-refractivity contribution >= 4 is 32.7 Å². The number of nitriles is 1. The van der Waals surface area contributed by atoms with Gasteiger partial charge in [-0.1, -0.05) is 133 Å². The van der Waals surface area contributed by atoms with E-state index in [0.717, 1.165) is 117 Å². The Morgan fingerprint density at radius 2 is 1.00 bits per heavy atom. The first-order valence-corrected chi connectivity index (χ1v) is 23.2. The van der Waals surface area contributed by atoms with Gasteiger partial charge in [0.15, 0.2) is 0 Å². The zero-order valence-electron chi connectivity index (χ0n) is 37.3. The summed E-state index contributed by atoms with van der Waals surface area (Å²) in [5, 5.41) is 13.2. The van der Waals surface area contributed by atoms with Crippen molar-refractivity contribution in [2.24, 2.45) is 0 Å². The van der Waals surface area contributed by atoms with Crippen molar-refractivity contribution in [3.05, 3.63) is 271 Å². The Morgan fingerprint density at radius 3 is 1.67 bits per heavy atom. The van der Waals surface area contributed by atoms with Crippen LogP contribution >= 0.6 is 0 Å².